The number of nitrogens with zero attached hydrogens (tertiary/aromatic N) is 2. The van der Waals surface area contributed by atoms with Gasteiger partial charge in [0.1, 0.15) is 0 Å². The predicted octanol–water partition coefficient (Wildman–Crippen LogP) is 2.89. The number of hydrogen-bond acceptors (Lipinski definition) is 6. The summed E-state index contributed by atoms with van der Waals surface area (Å²) in [7, 11) is -3.46. The van der Waals surface area contributed by atoms with E-state index in [1.807, 2.05) is 0 Å². The van der Waals surface area contributed by atoms with Crippen LogP contribution in [0.25, 0.3) is 0 Å². The lowest BCUT2D eigenvalue weighted by Crippen LogP contribution is -2.49. The molecule has 170 valence electrons. The molecule has 2 unspecified atom stereocenters. The van der Waals surface area contributed by atoms with Crippen LogP contribution in [-0.2, 0) is 19.6 Å². The van der Waals surface area contributed by atoms with E-state index in [-0.39, 0.29) is 17.2 Å². The van der Waals surface area contributed by atoms with E-state index in [1.165, 1.54) is 6.42 Å². The third-order valence-corrected chi connectivity index (χ3v) is 10.1. The quantitative estimate of drug-likeness (QED) is 0.523. The van der Waals surface area contributed by atoms with Crippen LogP contribution in [-0.4, -0.2) is 62.6 Å². The van der Waals surface area contributed by atoms with Crippen molar-refractivity contribution in [2.75, 3.05) is 32.1 Å². The summed E-state index contributed by atoms with van der Waals surface area (Å²) in [4.78, 5) is 17.6. The summed E-state index contributed by atoms with van der Waals surface area (Å²) in [6, 6.07) is 0.151. The number of oxime groups is 1. The fraction of sp³-hybridized carbons (Fsp3) is 0.905. The van der Waals surface area contributed by atoms with E-state index in [9.17, 15) is 13.2 Å². The molecule has 1 saturated heterocycles. The van der Waals surface area contributed by atoms with Crippen LogP contribution in [0.2, 0.25) is 0 Å². The second-order valence-corrected chi connectivity index (χ2v) is 11.9. The number of hydrogen-bond donors (Lipinski definition) is 1. The second kappa shape index (κ2) is 8.39. The number of carbonyl (C=O) groups excluding carboxylic acids is 1. The maximum absolute atomic E-state index is 13.3. The monoisotopic (exact) mass is 441 g/mol. The molecular formula is C21H35N3O5S. The Hall–Kier alpha value is -1.19. The molecule has 1 aliphatic heterocycles. The lowest BCUT2D eigenvalue weighted by atomic mass is 9.70. The van der Waals surface area contributed by atoms with Crippen LogP contribution in [0, 0.1) is 16.7 Å². The fourth-order valence-electron chi connectivity index (χ4n) is 6.03. The third-order valence-electron chi connectivity index (χ3n) is 8.12. The number of rotatable bonds is 5. The summed E-state index contributed by atoms with van der Waals surface area (Å²) in [6.45, 7) is 5.95. The lowest BCUT2D eigenvalue weighted by Gasteiger charge is -2.39. The maximum atomic E-state index is 13.3. The van der Waals surface area contributed by atoms with Crippen LogP contribution in [0.3, 0.4) is 0 Å². The first kappa shape index (κ1) is 22.0. The number of ether oxygens (including phenoxy) is 1. The standard InChI is InChI=1S/C21H35N3O5S/c1-20(2)16-8-9-21(20,15-30(26,27)24-10-12-28-13-11-24)18(14-16)23-29-19(25)22-17-6-4-3-5-7-17/h16-17H,3-15H2,1-2H3,(H,22,25)/b23-18+. The van der Waals surface area contributed by atoms with Crippen molar-refractivity contribution in [2.45, 2.75) is 71.3 Å². The average molecular weight is 442 g/mol. The smallest absolute Gasteiger partial charge is 0.379 e. The van der Waals surface area contributed by atoms with Gasteiger partial charge in [-0.05, 0) is 43.4 Å². The van der Waals surface area contributed by atoms with E-state index in [2.05, 4.69) is 24.3 Å². The minimum atomic E-state index is -3.46. The van der Waals surface area contributed by atoms with Gasteiger partial charge in [0.25, 0.3) is 0 Å². The molecule has 0 radical (unpaired) electrons. The van der Waals surface area contributed by atoms with Crippen LogP contribution in [0.1, 0.15) is 65.2 Å². The molecule has 4 rings (SSSR count). The van der Waals surface area contributed by atoms with Crippen LogP contribution in [0.5, 0.6) is 0 Å². The molecule has 8 nitrogen and oxygen atoms in total. The average Bonchev–Trinajstić information content (AvgIpc) is 3.08. The highest BCUT2D eigenvalue weighted by molar-refractivity contribution is 7.89. The van der Waals surface area contributed by atoms with Crippen molar-refractivity contribution < 1.29 is 22.8 Å². The highest BCUT2D eigenvalue weighted by Gasteiger charge is 2.64. The summed E-state index contributed by atoms with van der Waals surface area (Å²) in [5, 5.41) is 7.18. The molecule has 1 heterocycles. The second-order valence-electron chi connectivity index (χ2n) is 9.91. The molecule has 3 aliphatic carbocycles. The van der Waals surface area contributed by atoms with E-state index in [1.54, 1.807) is 4.31 Å². The van der Waals surface area contributed by atoms with Gasteiger partial charge in [0.15, 0.2) is 0 Å². The van der Waals surface area contributed by atoms with Gasteiger partial charge in [-0.2, -0.15) is 4.31 Å². The van der Waals surface area contributed by atoms with Gasteiger partial charge in [-0.25, -0.2) is 13.2 Å². The largest absolute Gasteiger partial charge is 0.433 e. The molecule has 2 bridgehead atoms. The molecule has 0 aromatic rings. The Morgan fingerprint density at radius 2 is 1.90 bits per heavy atom. The van der Waals surface area contributed by atoms with E-state index < -0.39 is 21.5 Å². The van der Waals surface area contributed by atoms with Gasteiger partial charge in [-0.1, -0.05) is 38.3 Å². The van der Waals surface area contributed by atoms with Gasteiger partial charge in [0, 0.05) is 24.5 Å². The first-order valence-electron chi connectivity index (χ1n) is 11.3. The van der Waals surface area contributed by atoms with Crippen molar-refractivity contribution in [3.05, 3.63) is 0 Å². The molecule has 0 aromatic heterocycles. The van der Waals surface area contributed by atoms with Gasteiger partial charge in [0.05, 0.1) is 24.7 Å². The number of fused-ring (bicyclic) bond motifs is 2. The molecule has 30 heavy (non-hydrogen) atoms. The Morgan fingerprint density at radius 1 is 1.20 bits per heavy atom. The first-order chi connectivity index (χ1) is 14.2. The number of amides is 1. The van der Waals surface area contributed by atoms with Crippen LogP contribution in [0.15, 0.2) is 5.16 Å². The molecule has 3 saturated carbocycles. The Kier molecular flexibility index (Phi) is 6.16. The summed E-state index contributed by atoms with van der Waals surface area (Å²) >= 11 is 0. The predicted molar refractivity (Wildman–Crippen MR) is 114 cm³/mol. The third kappa shape index (κ3) is 4.00. The Bertz CT molecular complexity index is 784. The molecule has 0 aromatic carbocycles. The molecule has 4 fully saturated rings. The number of sulfonamides is 1. The molecule has 0 spiro atoms. The van der Waals surface area contributed by atoms with Crippen LogP contribution < -0.4 is 5.32 Å². The fourth-order valence-corrected chi connectivity index (χ4v) is 8.22. The topological polar surface area (TPSA) is 97.3 Å². The first-order valence-corrected chi connectivity index (χ1v) is 13.0. The Balaban J connectivity index is 1.49. The van der Waals surface area contributed by atoms with E-state index in [0.717, 1.165) is 44.2 Å². The van der Waals surface area contributed by atoms with Gasteiger partial charge in [-0.3, -0.25) is 4.84 Å². The van der Waals surface area contributed by atoms with Gasteiger partial charge >= 0.3 is 6.09 Å². The Morgan fingerprint density at radius 3 is 2.57 bits per heavy atom. The summed E-state index contributed by atoms with van der Waals surface area (Å²) in [5.74, 6) is 0.386. The van der Waals surface area contributed by atoms with Gasteiger partial charge in [0.2, 0.25) is 10.0 Å². The normalized spacial score (nSPS) is 33.7. The summed E-state index contributed by atoms with van der Waals surface area (Å²) in [5.41, 5.74) is -0.0479. The van der Waals surface area contributed by atoms with Crippen LogP contribution >= 0.6 is 0 Å². The summed E-state index contributed by atoms with van der Waals surface area (Å²) in [6.07, 6.45) is 7.33. The molecule has 9 heteroatoms. The maximum Gasteiger partial charge on any atom is 0.433 e. The highest BCUT2D eigenvalue weighted by atomic mass is 32.2. The molecule has 1 N–H and O–H groups in total. The molecule has 2 atom stereocenters. The van der Waals surface area contributed by atoms with E-state index in [0.29, 0.717) is 38.6 Å². The van der Waals surface area contributed by atoms with Crippen molar-refractivity contribution in [2.24, 2.45) is 21.9 Å². The minimum absolute atomic E-state index is 0.0237. The SMILES string of the molecule is CC1(C)C2CCC1(CS(=O)(=O)N1CCOCC1)/C(=N/OC(=O)NC1CCCCC1)C2. The number of nitrogens with one attached hydrogen (secondary N) is 1. The minimum Gasteiger partial charge on any atom is -0.379 e. The lowest BCUT2D eigenvalue weighted by molar-refractivity contribution is 0.0722. The van der Waals surface area contributed by atoms with Gasteiger partial charge < -0.3 is 10.1 Å². The zero-order chi connectivity index (χ0) is 21.4. The Labute approximate surface area is 179 Å². The van der Waals surface area contributed by atoms with E-state index in [4.69, 9.17) is 9.57 Å². The van der Waals surface area contributed by atoms with Crippen molar-refractivity contribution in [3.63, 3.8) is 0 Å². The van der Waals surface area contributed by atoms with Crippen molar-refractivity contribution in [1.82, 2.24) is 9.62 Å². The van der Waals surface area contributed by atoms with Crippen molar-refractivity contribution >= 4 is 21.8 Å². The van der Waals surface area contributed by atoms with Crippen LogP contribution in [0.4, 0.5) is 4.79 Å². The van der Waals surface area contributed by atoms with E-state index >= 15 is 0 Å². The zero-order valence-corrected chi connectivity index (χ0v) is 19.0. The summed E-state index contributed by atoms with van der Waals surface area (Å²) < 4.78 is 33.4. The van der Waals surface area contributed by atoms with Crippen molar-refractivity contribution in [3.8, 4) is 0 Å². The van der Waals surface area contributed by atoms with Crippen molar-refractivity contribution in [1.29, 1.82) is 0 Å². The molecule has 1 amide bonds. The number of carbonyl (C=O) groups is 1. The van der Waals surface area contributed by atoms with Gasteiger partial charge in [-0.15, -0.1) is 0 Å². The molecule has 4 aliphatic rings. The zero-order valence-electron chi connectivity index (χ0n) is 18.2. The molecular weight excluding hydrogens is 406 g/mol. The highest BCUT2D eigenvalue weighted by Crippen LogP contribution is 2.64. The number of morpholine rings is 1.